The van der Waals surface area contributed by atoms with Crippen LogP contribution in [0.15, 0.2) is 42.6 Å². The van der Waals surface area contributed by atoms with E-state index in [4.69, 9.17) is 0 Å². The van der Waals surface area contributed by atoms with Crippen LogP contribution < -0.4 is 0 Å². The van der Waals surface area contributed by atoms with Gasteiger partial charge >= 0.3 is 0 Å². The summed E-state index contributed by atoms with van der Waals surface area (Å²) in [4.78, 5) is 4.55. The lowest BCUT2D eigenvalue weighted by Gasteiger charge is -2.10. The van der Waals surface area contributed by atoms with Crippen LogP contribution in [0.4, 0.5) is 4.39 Å². The molecule has 0 saturated heterocycles. The maximum absolute atomic E-state index is 13.8. The number of fused-ring (bicyclic) bond motifs is 2. The minimum absolute atomic E-state index is 0.0911. The SMILES string of the molecule is Cc1cccc2nc(C[S@](=O)[C@@H]3CCc4c(F)cccc43)cn12. The second-order valence-electron chi connectivity index (χ2n) is 5.99. The van der Waals surface area contributed by atoms with E-state index in [0.29, 0.717) is 12.2 Å². The van der Waals surface area contributed by atoms with E-state index in [1.807, 2.05) is 41.8 Å². The standard InChI is InChI=1S/C18H17FN2OS/c1-12-4-2-7-18-20-13(10-21(12)18)11-23(22)17-9-8-14-15(17)5-3-6-16(14)19/h2-7,10,17H,8-9,11H2,1H3/t17-,23+/m1/s1. The lowest BCUT2D eigenvalue weighted by atomic mass is 10.1. The van der Waals surface area contributed by atoms with Crippen molar-refractivity contribution in [3.63, 3.8) is 0 Å². The predicted molar refractivity (Wildman–Crippen MR) is 89.2 cm³/mol. The van der Waals surface area contributed by atoms with Gasteiger partial charge in [-0.15, -0.1) is 0 Å². The summed E-state index contributed by atoms with van der Waals surface area (Å²) >= 11 is 0. The molecule has 0 amide bonds. The van der Waals surface area contributed by atoms with Crippen molar-refractivity contribution in [1.29, 1.82) is 0 Å². The van der Waals surface area contributed by atoms with E-state index in [1.165, 1.54) is 6.07 Å². The highest BCUT2D eigenvalue weighted by Gasteiger charge is 2.29. The monoisotopic (exact) mass is 328 g/mol. The molecule has 2 aromatic heterocycles. The van der Waals surface area contributed by atoms with Gasteiger partial charge in [0.1, 0.15) is 11.5 Å². The molecule has 0 bridgehead atoms. The first-order valence-corrected chi connectivity index (χ1v) is 9.10. The molecule has 0 radical (unpaired) electrons. The summed E-state index contributed by atoms with van der Waals surface area (Å²) in [5.74, 6) is 0.229. The summed E-state index contributed by atoms with van der Waals surface area (Å²) in [7, 11) is -1.09. The van der Waals surface area contributed by atoms with Crippen molar-refractivity contribution < 1.29 is 8.60 Å². The van der Waals surface area contributed by atoms with E-state index in [9.17, 15) is 8.60 Å². The van der Waals surface area contributed by atoms with E-state index in [2.05, 4.69) is 4.98 Å². The van der Waals surface area contributed by atoms with Gasteiger partial charge < -0.3 is 4.40 Å². The first kappa shape index (κ1) is 14.6. The number of benzene rings is 1. The molecule has 3 aromatic rings. The molecule has 2 heterocycles. The van der Waals surface area contributed by atoms with Crippen LogP contribution in [0.1, 0.15) is 34.2 Å². The van der Waals surface area contributed by atoms with E-state index in [1.54, 1.807) is 6.07 Å². The molecule has 0 spiro atoms. The van der Waals surface area contributed by atoms with E-state index >= 15 is 0 Å². The molecule has 1 aliphatic carbocycles. The van der Waals surface area contributed by atoms with Crippen molar-refractivity contribution in [2.75, 3.05) is 0 Å². The number of aromatic nitrogens is 2. The van der Waals surface area contributed by atoms with Crippen LogP contribution in [0.25, 0.3) is 5.65 Å². The maximum atomic E-state index is 13.8. The predicted octanol–water partition coefficient (Wildman–Crippen LogP) is 3.72. The van der Waals surface area contributed by atoms with Crippen LogP contribution in [-0.2, 0) is 23.0 Å². The van der Waals surface area contributed by atoms with Crippen LogP contribution in [0, 0.1) is 12.7 Å². The Hall–Kier alpha value is -2.01. The van der Waals surface area contributed by atoms with Gasteiger partial charge in [-0.1, -0.05) is 18.2 Å². The van der Waals surface area contributed by atoms with Crippen LogP contribution >= 0.6 is 0 Å². The molecule has 23 heavy (non-hydrogen) atoms. The second kappa shape index (κ2) is 5.57. The molecular weight excluding hydrogens is 311 g/mol. The summed E-state index contributed by atoms with van der Waals surface area (Å²) in [6, 6.07) is 11.0. The lowest BCUT2D eigenvalue weighted by Crippen LogP contribution is -2.06. The molecule has 0 unspecified atom stereocenters. The lowest BCUT2D eigenvalue weighted by molar-refractivity contribution is 0.612. The third-order valence-corrected chi connectivity index (χ3v) is 6.22. The maximum Gasteiger partial charge on any atom is 0.137 e. The van der Waals surface area contributed by atoms with Crippen LogP contribution in [0.2, 0.25) is 0 Å². The molecule has 4 rings (SSSR count). The molecule has 0 fully saturated rings. The van der Waals surface area contributed by atoms with E-state index in [-0.39, 0.29) is 11.1 Å². The zero-order valence-corrected chi connectivity index (χ0v) is 13.6. The fourth-order valence-electron chi connectivity index (χ4n) is 3.36. The third kappa shape index (κ3) is 2.49. The highest BCUT2D eigenvalue weighted by molar-refractivity contribution is 7.84. The number of pyridine rings is 1. The molecule has 5 heteroatoms. The van der Waals surface area contributed by atoms with Gasteiger partial charge in [-0.05, 0) is 49.1 Å². The number of nitrogens with zero attached hydrogens (tertiary/aromatic N) is 2. The Labute approximate surface area is 136 Å². The molecule has 118 valence electrons. The number of imidazole rings is 1. The Morgan fingerprint density at radius 1 is 1.30 bits per heavy atom. The topological polar surface area (TPSA) is 34.4 Å². The molecule has 0 saturated carbocycles. The quantitative estimate of drug-likeness (QED) is 0.734. The van der Waals surface area contributed by atoms with Gasteiger partial charge in [0.15, 0.2) is 0 Å². The molecule has 0 N–H and O–H groups in total. The first-order chi connectivity index (χ1) is 11.1. The van der Waals surface area contributed by atoms with Gasteiger partial charge in [-0.3, -0.25) is 4.21 Å². The highest BCUT2D eigenvalue weighted by atomic mass is 32.2. The van der Waals surface area contributed by atoms with Crippen molar-refractivity contribution in [1.82, 2.24) is 9.38 Å². The fourth-order valence-corrected chi connectivity index (χ4v) is 4.88. The molecule has 1 aromatic carbocycles. The van der Waals surface area contributed by atoms with Gasteiger partial charge in [-0.25, -0.2) is 9.37 Å². The normalized spacial score (nSPS) is 18.3. The van der Waals surface area contributed by atoms with Gasteiger partial charge in [0.2, 0.25) is 0 Å². The minimum atomic E-state index is -1.09. The number of hydrogen-bond donors (Lipinski definition) is 0. The van der Waals surface area contributed by atoms with Crippen molar-refractivity contribution in [3.05, 3.63) is 70.9 Å². The van der Waals surface area contributed by atoms with Gasteiger partial charge in [0, 0.05) is 22.7 Å². The zero-order valence-electron chi connectivity index (χ0n) is 12.8. The first-order valence-electron chi connectivity index (χ1n) is 7.71. The molecule has 2 atom stereocenters. The van der Waals surface area contributed by atoms with Crippen molar-refractivity contribution in [3.8, 4) is 0 Å². The second-order valence-corrected chi connectivity index (χ2v) is 7.61. The summed E-state index contributed by atoms with van der Waals surface area (Å²) in [5.41, 5.74) is 4.43. The summed E-state index contributed by atoms with van der Waals surface area (Å²) < 4.78 is 28.6. The summed E-state index contributed by atoms with van der Waals surface area (Å²) in [5, 5.41) is -0.0911. The van der Waals surface area contributed by atoms with Crippen LogP contribution in [-0.4, -0.2) is 13.6 Å². The molecule has 3 nitrogen and oxygen atoms in total. The Bertz CT molecular complexity index is 919. The van der Waals surface area contributed by atoms with Crippen LogP contribution in [0.5, 0.6) is 0 Å². The zero-order chi connectivity index (χ0) is 16.0. The molecule has 1 aliphatic rings. The van der Waals surface area contributed by atoms with Crippen LogP contribution in [0.3, 0.4) is 0 Å². The van der Waals surface area contributed by atoms with E-state index in [0.717, 1.165) is 34.6 Å². The Morgan fingerprint density at radius 3 is 2.96 bits per heavy atom. The van der Waals surface area contributed by atoms with Gasteiger partial charge in [0.25, 0.3) is 0 Å². The highest BCUT2D eigenvalue weighted by Crippen LogP contribution is 2.37. The smallest absolute Gasteiger partial charge is 0.137 e. The average Bonchev–Trinajstić information content (AvgIpc) is 3.12. The van der Waals surface area contributed by atoms with Crippen molar-refractivity contribution in [2.24, 2.45) is 0 Å². The fraction of sp³-hybridized carbons (Fsp3) is 0.278. The number of halogens is 1. The molecular formula is C18H17FN2OS. The third-order valence-electron chi connectivity index (χ3n) is 4.51. The Kier molecular flexibility index (Phi) is 3.53. The average molecular weight is 328 g/mol. The van der Waals surface area contributed by atoms with E-state index < -0.39 is 10.8 Å². The van der Waals surface area contributed by atoms with Crippen molar-refractivity contribution >= 4 is 16.4 Å². The number of rotatable bonds is 3. The molecule has 0 aliphatic heterocycles. The Morgan fingerprint density at radius 2 is 2.13 bits per heavy atom. The minimum Gasteiger partial charge on any atom is -0.304 e. The summed E-state index contributed by atoms with van der Waals surface area (Å²) in [6.07, 6.45) is 3.36. The number of hydrogen-bond acceptors (Lipinski definition) is 2. The van der Waals surface area contributed by atoms with Gasteiger partial charge in [-0.2, -0.15) is 0 Å². The van der Waals surface area contributed by atoms with Crippen molar-refractivity contribution in [2.45, 2.75) is 30.8 Å². The summed E-state index contributed by atoms with van der Waals surface area (Å²) in [6.45, 7) is 2.02. The largest absolute Gasteiger partial charge is 0.304 e. The number of aryl methyl sites for hydroxylation is 1. The Balaban J connectivity index is 1.61. The van der Waals surface area contributed by atoms with Gasteiger partial charge in [0.05, 0.1) is 16.7 Å².